The van der Waals surface area contributed by atoms with Crippen molar-refractivity contribution in [1.82, 2.24) is 0 Å². The molecule has 0 spiro atoms. The van der Waals surface area contributed by atoms with E-state index < -0.39 is 0 Å². The molecule has 1 aromatic carbocycles. The molecule has 1 aromatic rings. The van der Waals surface area contributed by atoms with Gasteiger partial charge in [-0.25, -0.2) is 0 Å². The standard InChI is InChI=1S/C10H6O2/c11-9-7-4-2-1-3-6(7)5-8-10(9)12-8/h1-5,10H. The molecule has 1 unspecified atom stereocenters. The van der Waals surface area contributed by atoms with Crippen molar-refractivity contribution < 1.29 is 9.53 Å². The first-order chi connectivity index (χ1) is 5.86. The Labute approximate surface area is 69.5 Å². The normalized spacial score (nSPS) is 23.5. The maximum Gasteiger partial charge on any atom is 0.217 e. The molecule has 0 radical (unpaired) electrons. The Bertz CT molecular complexity index is 404. The van der Waals surface area contributed by atoms with Gasteiger partial charge in [-0.05, 0) is 11.6 Å². The third-order valence-electron chi connectivity index (χ3n) is 2.22. The van der Waals surface area contributed by atoms with E-state index in [-0.39, 0.29) is 11.9 Å². The van der Waals surface area contributed by atoms with Gasteiger partial charge < -0.3 is 4.74 Å². The smallest absolute Gasteiger partial charge is 0.217 e. The van der Waals surface area contributed by atoms with Crippen LogP contribution in [-0.4, -0.2) is 11.9 Å². The number of carbonyl (C=O) groups is 1. The average Bonchev–Trinajstić information content (AvgIpc) is 2.84. The van der Waals surface area contributed by atoms with Crippen LogP contribution in [0.15, 0.2) is 30.0 Å². The Morgan fingerprint density at radius 3 is 3.00 bits per heavy atom. The lowest BCUT2D eigenvalue weighted by Gasteiger charge is -2.03. The number of Topliss-reactive ketones (excluding diaryl/α,β-unsaturated/α-hetero) is 1. The molecule has 0 bridgehead atoms. The van der Waals surface area contributed by atoms with Crippen LogP contribution in [0, 0.1) is 0 Å². The molecule has 0 saturated carbocycles. The van der Waals surface area contributed by atoms with Gasteiger partial charge in [-0.2, -0.15) is 0 Å². The zero-order valence-electron chi connectivity index (χ0n) is 6.28. The molecule has 0 N–H and O–H groups in total. The van der Waals surface area contributed by atoms with Crippen LogP contribution in [0.4, 0.5) is 0 Å². The number of rotatable bonds is 0. The summed E-state index contributed by atoms with van der Waals surface area (Å²) in [5, 5.41) is 0. The molecule has 2 aliphatic rings. The molecule has 2 heteroatoms. The van der Waals surface area contributed by atoms with Crippen LogP contribution in [0.2, 0.25) is 0 Å². The molecule has 1 aliphatic heterocycles. The molecule has 0 aromatic heterocycles. The van der Waals surface area contributed by atoms with Gasteiger partial charge >= 0.3 is 0 Å². The minimum Gasteiger partial charge on any atom is -0.474 e. The van der Waals surface area contributed by atoms with Crippen LogP contribution in [0.3, 0.4) is 0 Å². The number of benzene rings is 1. The fourth-order valence-electron chi connectivity index (χ4n) is 1.54. The van der Waals surface area contributed by atoms with Crippen molar-refractivity contribution in [2.75, 3.05) is 0 Å². The summed E-state index contributed by atoms with van der Waals surface area (Å²) >= 11 is 0. The molecule has 1 atom stereocenters. The molecular weight excluding hydrogens is 152 g/mol. The molecule has 0 amide bonds. The average molecular weight is 158 g/mol. The second-order valence-corrected chi connectivity index (χ2v) is 3.00. The first-order valence-electron chi connectivity index (χ1n) is 3.88. The molecular formula is C10H6O2. The summed E-state index contributed by atoms with van der Waals surface area (Å²) < 4.78 is 5.08. The highest BCUT2D eigenvalue weighted by Gasteiger charge is 2.43. The topological polar surface area (TPSA) is 29.6 Å². The predicted octanol–water partition coefficient (Wildman–Crippen LogP) is 1.62. The third-order valence-corrected chi connectivity index (χ3v) is 2.22. The highest BCUT2D eigenvalue weighted by Crippen LogP contribution is 2.37. The molecule has 58 valence electrons. The second-order valence-electron chi connectivity index (χ2n) is 3.00. The van der Waals surface area contributed by atoms with Gasteiger partial charge in [-0.15, -0.1) is 0 Å². The van der Waals surface area contributed by atoms with Gasteiger partial charge in [-0.3, -0.25) is 4.79 Å². The van der Waals surface area contributed by atoms with Crippen molar-refractivity contribution in [2.45, 2.75) is 6.10 Å². The summed E-state index contributed by atoms with van der Waals surface area (Å²) in [6, 6.07) is 7.56. The Morgan fingerprint density at radius 1 is 1.25 bits per heavy atom. The number of carbonyl (C=O) groups excluding carboxylic acids is 1. The monoisotopic (exact) mass is 158 g/mol. The lowest BCUT2D eigenvalue weighted by Crippen LogP contribution is -2.10. The van der Waals surface area contributed by atoms with E-state index in [9.17, 15) is 4.79 Å². The van der Waals surface area contributed by atoms with E-state index in [4.69, 9.17) is 4.74 Å². The van der Waals surface area contributed by atoms with E-state index >= 15 is 0 Å². The van der Waals surface area contributed by atoms with Crippen LogP contribution >= 0.6 is 0 Å². The number of hydrogen-bond donors (Lipinski definition) is 0. The van der Waals surface area contributed by atoms with Gasteiger partial charge in [0, 0.05) is 5.56 Å². The maximum atomic E-state index is 11.5. The Hall–Kier alpha value is -1.57. The zero-order chi connectivity index (χ0) is 8.13. The first-order valence-corrected chi connectivity index (χ1v) is 3.88. The van der Waals surface area contributed by atoms with E-state index in [1.807, 2.05) is 30.3 Å². The summed E-state index contributed by atoms with van der Waals surface area (Å²) in [7, 11) is 0. The SMILES string of the molecule is O=C1c2ccccc2C=C2OC12. The summed E-state index contributed by atoms with van der Waals surface area (Å²) in [4.78, 5) is 11.5. The lowest BCUT2D eigenvalue weighted by molar-refractivity contribution is 0.0953. The first kappa shape index (κ1) is 6.00. The van der Waals surface area contributed by atoms with Gasteiger partial charge in [0.05, 0.1) is 0 Å². The van der Waals surface area contributed by atoms with E-state index in [1.54, 1.807) is 0 Å². The Kier molecular flexibility index (Phi) is 0.888. The van der Waals surface area contributed by atoms with Crippen LogP contribution < -0.4 is 0 Å². The molecule has 1 saturated heterocycles. The van der Waals surface area contributed by atoms with E-state index in [2.05, 4.69) is 0 Å². The number of epoxide rings is 1. The third kappa shape index (κ3) is 0.619. The number of hydrogen-bond acceptors (Lipinski definition) is 2. The highest BCUT2D eigenvalue weighted by atomic mass is 16.6. The zero-order valence-corrected chi connectivity index (χ0v) is 6.28. The van der Waals surface area contributed by atoms with Crippen molar-refractivity contribution in [2.24, 2.45) is 0 Å². The highest BCUT2D eigenvalue weighted by molar-refractivity contribution is 6.09. The number of fused-ring (bicyclic) bond motifs is 2. The van der Waals surface area contributed by atoms with E-state index in [1.165, 1.54) is 0 Å². The fraction of sp³-hybridized carbons (Fsp3) is 0.100. The van der Waals surface area contributed by atoms with Crippen molar-refractivity contribution >= 4 is 11.9 Å². The van der Waals surface area contributed by atoms with Crippen molar-refractivity contribution in [3.63, 3.8) is 0 Å². The lowest BCUT2D eigenvalue weighted by atomic mass is 9.97. The molecule has 1 heterocycles. The van der Waals surface area contributed by atoms with Crippen LogP contribution in [0.5, 0.6) is 0 Å². The van der Waals surface area contributed by atoms with E-state index in [0.29, 0.717) is 0 Å². The Balaban J connectivity index is 2.29. The minimum atomic E-state index is -0.250. The summed E-state index contributed by atoms with van der Waals surface area (Å²) in [6.07, 6.45) is 1.68. The van der Waals surface area contributed by atoms with E-state index in [0.717, 1.165) is 16.9 Å². The summed E-state index contributed by atoms with van der Waals surface area (Å²) in [6.45, 7) is 0. The van der Waals surface area contributed by atoms with Gasteiger partial charge in [0.15, 0.2) is 0 Å². The molecule has 1 fully saturated rings. The van der Waals surface area contributed by atoms with Gasteiger partial charge in [0.25, 0.3) is 0 Å². The Morgan fingerprint density at radius 2 is 2.08 bits per heavy atom. The van der Waals surface area contributed by atoms with Crippen molar-refractivity contribution in [3.05, 3.63) is 41.2 Å². The van der Waals surface area contributed by atoms with Crippen LogP contribution in [0.1, 0.15) is 15.9 Å². The molecule has 2 nitrogen and oxygen atoms in total. The predicted molar refractivity (Wildman–Crippen MR) is 43.6 cm³/mol. The summed E-state index contributed by atoms with van der Waals surface area (Å²) in [5.41, 5.74) is 1.76. The molecule has 12 heavy (non-hydrogen) atoms. The van der Waals surface area contributed by atoms with Gasteiger partial charge in [-0.1, -0.05) is 24.3 Å². The largest absolute Gasteiger partial charge is 0.474 e. The maximum absolute atomic E-state index is 11.5. The second kappa shape index (κ2) is 1.78. The van der Waals surface area contributed by atoms with Crippen molar-refractivity contribution in [1.29, 1.82) is 0 Å². The molecule has 3 rings (SSSR count). The summed E-state index contributed by atoms with van der Waals surface area (Å²) in [5.74, 6) is 0.918. The van der Waals surface area contributed by atoms with Crippen LogP contribution in [-0.2, 0) is 4.74 Å². The fourth-order valence-corrected chi connectivity index (χ4v) is 1.54. The quantitative estimate of drug-likeness (QED) is 0.537. The van der Waals surface area contributed by atoms with Gasteiger partial charge in [0.1, 0.15) is 5.76 Å². The number of ether oxygens (including phenoxy) is 1. The minimum absolute atomic E-state index is 0.100. The van der Waals surface area contributed by atoms with Crippen molar-refractivity contribution in [3.8, 4) is 0 Å². The van der Waals surface area contributed by atoms with Crippen LogP contribution in [0.25, 0.3) is 6.08 Å². The number of ketones is 1. The molecule has 1 aliphatic carbocycles. The van der Waals surface area contributed by atoms with Gasteiger partial charge in [0.2, 0.25) is 11.9 Å².